The lowest BCUT2D eigenvalue weighted by molar-refractivity contribution is 0.406. The highest BCUT2D eigenvalue weighted by atomic mass is 32.2. The summed E-state index contributed by atoms with van der Waals surface area (Å²) >= 11 is 3.87. The number of anilines is 1. The molecule has 2 aromatic rings. The monoisotopic (exact) mass is 398 g/mol. The van der Waals surface area contributed by atoms with Crippen molar-refractivity contribution in [3.8, 4) is 0 Å². The summed E-state index contributed by atoms with van der Waals surface area (Å²) in [6.45, 7) is 6.16. The predicted molar refractivity (Wildman–Crippen MR) is 120 cm³/mol. The van der Waals surface area contributed by atoms with Crippen LogP contribution >= 0.6 is 23.1 Å². The number of benzene rings is 1. The Morgan fingerprint density at radius 3 is 2.59 bits per heavy atom. The van der Waals surface area contributed by atoms with E-state index < -0.39 is 0 Å². The van der Waals surface area contributed by atoms with Gasteiger partial charge in [0.2, 0.25) is 5.96 Å². The predicted octanol–water partition coefficient (Wildman–Crippen LogP) is 4.76. The largest absolute Gasteiger partial charge is 0.341 e. The number of aryl methyl sites for hydroxylation is 2. The van der Waals surface area contributed by atoms with Gasteiger partial charge in [-0.25, -0.2) is 4.99 Å². The van der Waals surface area contributed by atoms with Crippen LogP contribution in [-0.2, 0) is 12.3 Å². The Bertz CT molecular complexity index is 919. The molecule has 0 bridgehead atoms. The maximum atomic E-state index is 5.06. The average Bonchev–Trinajstić information content (AvgIpc) is 2.96. The van der Waals surface area contributed by atoms with Crippen molar-refractivity contribution >= 4 is 40.4 Å². The molecule has 142 valence electrons. The van der Waals surface area contributed by atoms with E-state index in [4.69, 9.17) is 4.99 Å². The maximum absolute atomic E-state index is 5.06. The minimum Gasteiger partial charge on any atom is -0.341 e. The highest BCUT2D eigenvalue weighted by molar-refractivity contribution is 8.02. The molecule has 0 atom stereocenters. The maximum Gasteiger partial charge on any atom is 0.203 e. The minimum atomic E-state index is 0.912. The van der Waals surface area contributed by atoms with Crippen LogP contribution in [0.5, 0.6) is 0 Å². The van der Waals surface area contributed by atoms with E-state index in [1.54, 1.807) is 0 Å². The van der Waals surface area contributed by atoms with Crippen LogP contribution in [0.1, 0.15) is 26.4 Å². The third-order valence-corrected chi connectivity index (χ3v) is 7.07. The smallest absolute Gasteiger partial charge is 0.203 e. The molecule has 6 heteroatoms. The molecule has 0 saturated carbocycles. The van der Waals surface area contributed by atoms with Crippen LogP contribution < -0.4 is 5.32 Å². The van der Waals surface area contributed by atoms with Crippen molar-refractivity contribution in [3.05, 3.63) is 55.6 Å². The lowest BCUT2D eigenvalue weighted by Crippen LogP contribution is -2.37. The lowest BCUT2D eigenvalue weighted by atomic mass is 10.1. The van der Waals surface area contributed by atoms with Gasteiger partial charge in [0.25, 0.3) is 0 Å². The lowest BCUT2D eigenvalue weighted by Gasteiger charge is -2.31. The summed E-state index contributed by atoms with van der Waals surface area (Å²) in [5.41, 5.74) is 6.12. The van der Waals surface area contributed by atoms with E-state index in [2.05, 4.69) is 74.4 Å². The first-order valence-corrected chi connectivity index (χ1v) is 11.0. The Morgan fingerprint density at radius 2 is 1.89 bits per heavy atom. The fraction of sp³-hybridized carbons (Fsp3) is 0.381. The molecule has 3 heterocycles. The number of hydrogen-bond donors (Lipinski definition) is 1. The van der Waals surface area contributed by atoms with Crippen molar-refractivity contribution < 1.29 is 0 Å². The topological polar surface area (TPSA) is 30.9 Å². The number of thioether (sulfide) groups is 1. The van der Waals surface area contributed by atoms with E-state index in [9.17, 15) is 0 Å². The number of nitrogens with zero attached hydrogens (tertiary/aromatic N) is 3. The molecule has 0 aliphatic carbocycles. The van der Waals surface area contributed by atoms with Gasteiger partial charge in [-0.1, -0.05) is 6.07 Å². The van der Waals surface area contributed by atoms with Gasteiger partial charge < -0.3 is 15.1 Å². The van der Waals surface area contributed by atoms with Crippen LogP contribution in [0.3, 0.4) is 0 Å². The molecule has 0 saturated heterocycles. The van der Waals surface area contributed by atoms with Crippen LogP contribution in [-0.4, -0.2) is 43.4 Å². The van der Waals surface area contributed by atoms with Gasteiger partial charge in [0.05, 0.1) is 12.2 Å². The molecule has 1 aromatic heterocycles. The quantitative estimate of drug-likeness (QED) is 0.808. The van der Waals surface area contributed by atoms with Gasteiger partial charge in [0.1, 0.15) is 0 Å². The van der Waals surface area contributed by atoms with Crippen LogP contribution in [0, 0.1) is 13.8 Å². The van der Waals surface area contributed by atoms with Crippen molar-refractivity contribution in [1.82, 2.24) is 9.80 Å². The van der Waals surface area contributed by atoms with Crippen LogP contribution in [0.4, 0.5) is 5.69 Å². The summed E-state index contributed by atoms with van der Waals surface area (Å²) in [6, 6.07) is 8.89. The second-order valence-corrected chi connectivity index (χ2v) is 9.93. The Balaban J connectivity index is 1.67. The highest BCUT2D eigenvalue weighted by Crippen LogP contribution is 2.44. The molecule has 2 aliphatic heterocycles. The van der Waals surface area contributed by atoms with Gasteiger partial charge in [-0.2, -0.15) is 0 Å². The van der Waals surface area contributed by atoms with E-state index >= 15 is 0 Å². The van der Waals surface area contributed by atoms with E-state index in [0.717, 1.165) is 36.2 Å². The first kappa shape index (κ1) is 18.6. The second-order valence-electron chi connectivity index (χ2n) is 7.64. The standard InChI is InChI=1S/C21H26N4S2/c1-13-6-14(2)8-15(7-13)22-21-23-20-17-9-16(10-24(3)4)27-19(17)12-26-18(20)11-25(21)5/h6-9H,10-12H2,1-5H3,(H,22,23). The SMILES string of the molecule is Cc1cc(C)cc(NC2=NC3=C(CN2C)SCc2sc(CN(C)C)cc23)c1. The van der Waals surface area contributed by atoms with Gasteiger partial charge >= 0.3 is 0 Å². The molecule has 0 spiro atoms. The summed E-state index contributed by atoms with van der Waals surface area (Å²) in [5.74, 6) is 1.99. The van der Waals surface area contributed by atoms with E-state index in [0.29, 0.717) is 0 Å². The average molecular weight is 399 g/mol. The molecule has 1 N–H and O–H groups in total. The molecule has 2 aliphatic rings. The molecule has 4 nitrogen and oxygen atoms in total. The third kappa shape index (κ3) is 3.93. The van der Waals surface area contributed by atoms with Crippen molar-refractivity contribution in [2.45, 2.75) is 26.1 Å². The second kappa shape index (κ2) is 7.34. The molecule has 0 radical (unpaired) electrons. The molecule has 4 rings (SSSR count). The Morgan fingerprint density at radius 1 is 1.15 bits per heavy atom. The normalized spacial score (nSPS) is 16.4. The first-order chi connectivity index (χ1) is 12.9. The van der Waals surface area contributed by atoms with Gasteiger partial charge in [-0.3, -0.25) is 0 Å². The van der Waals surface area contributed by atoms with Crippen LogP contribution in [0.15, 0.2) is 34.2 Å². The van der Waals surface area contributed by atoms with E-state index in [-0.39, 0.29) is 0 Å². The number of nitrogens with one attached hydrogen (secondary N) is 1. The van der Waals surface area contributed by atoms with Gasteiger partial charge in [-0.15, -0.1) is 23.1 Å². The molecule has 0 unspecified atom stereocenters. The minimum absolute atomic E-state index is 0.912. The fourth-order valence-electron chi connectivity index (χ4n) is 3.58. The van der Waals surface area contributed by atoms with Crippen molar-refractivity contribution in [3.63, 3.8) is 0 Å². The number of rotatable bonds is 3. The Labute approximate surface area is 170 Å². The highest BCUT2D eigenvalue weighted by Gasteiger charge is 2.28. The Hall–Kier alpha value is -1.76. The summed E-state index contributed by atoms with van der Waals surface area (Å²) < 4.78 is 0. The summed E-state index contributed by atoms with van der Waals surface area (Å²) in [5, 5.41) is 3.54. The van der Waals surface area contributed by atoms with Crippen molar-refractivity contribution in [1.29, 1.82) is 0 Å². The van der Waals surface area contributed by atoms with Gasteiger partial charge in [-0.05, 0) is 57.3 Å². The number of likely N-dealkylation sites (N-methyl/N-ethyl adjacent to an activating group) is 1. The zero-order valence-corrected chi connectivity index (χ0v) is 18.2. The van der Waals surface area contributed by atoms with Crippen molar-refractivity contribution in [2.24, 2.45) is 4.99 Å². The van der Waals surface area contributed by atoms with E-state index in [1.165, 1.54) is 31.3 Å². The number of fused-ring (bicyclic) bond motifs is 2. The third-order valence-electron chi connectivity index (χ3n) is 4.67. The van der Waals surface area contributed by atoms with Gasteiger partial charge in [0, 0.05) is 45.3 Å². The molecule has 27 heavy (non-hydrogen) atoms. The summed E-state index contributed by atoms with van der Waals surface area (Å²) in [7, 11) is 6.36. The van der Waals surface area contributed by atoms with E-state index in [1.807, 2.05) is 23.1 Å². The van der Waals surface area contributed by atoms with Crippen LogP contribution in [0.2, 0.25) is 0 Å². The molecular weight excluding hydrogens is 372 g/mol. The summed E-state index contributed by atoms with van der Waals surface area (Å²) in [6.07, 6.45) is 0. The summed E-state index contributed by atoms with van der Waals surface area (Å²) in [4.78, 5) is 13.7. The zero-order chi connectivity index (χ0) is 19.1. The fourth-order valence-corrected chi connectivity index (χ4v) is 6.11. The molecule has 1 aromatic carbocycles. The van der Waals surface area contributed by atoms with Gasteiger partial charge in [0.15, 0.2) is 0 Å². The first-order valence-electron chi connectivity index (χ1n) is 9.17. The number of guanidine groups is 1. The van der Waals surface area contributed by atoms with Crippen molar-refractivity contribution in [2.75, 3.05) is 33.0 Å². The molecule has 0 amide bonds. The molecule has 0 fully saturated rings. The number of aliphatic imine (C=N–C) groups is 1. The Kier molecular flexibility index (Phi) is 5.05. The van der Waals surface area contributed by atoms with Crippen LogP contribution in [0.25, 0.3) is 5.70 Å². The number of thiophene rings is 1. The number of hydrogen-bond acceptors (Lipinski definition) is 6. The zero-order valence-electron chi connectivity index (χ0n) is 16.6. The molecular formula is C21H26N4S2.